The number of nitrogens with zero attached hydrogens (tertiary/aromatic N) is 3. The Hall–Kier alpha value is -1.00. The number of azo groups is 1. The van der Waals surface area contributed by atoms with E-state index in [1.165, 1.54) is 0 Å². The number of rotatable bonds is 1. The largest absolute Gasteiger partial charge is 0.310 e. The summed E-state index contributed by atoms with van der Waals surface area (Å²) in [7, 11) is 0. The zero-order valence-corrected chi connectivity index (χ0v) is 6.85. The van der Waals surface area contributed by atoms with Gasteiger partial charge in [0, 0.05) is 18.0 Å². The first kappa shape index (κ1) is 7.64. The average molecular weight is 184 g/mol. The van der Waals surface area contributed by atoms with Gasteiger partial charge >= 0.3 is 0 Å². The quantitative estimate of drug-likeness (QED) is 0.494. The van der Waals surface area contributed by atoms with Crippen molar-refractivity contribution in [2.24, 2.45) is 10.2 Å². The van der Waals surface area contributed by atoms with Crippen molar-refractivity contribution >= 4 is 11.6 Å². The minimum absolute atomic E-state index is 0.365. The smallest absolute Gasteiger partial charge is 0.246 e. The summed E-state index contributed by atoms with van der Waals surface area (Å²) in [6, 6.07) is 3.64. The molecule has 2 unspecified atom stereocenters. The van der Waals surface area contributed by atoms with Crippen LogP contribution in [0, 0.1) is 0 Å². The molecule has 0 radical (unpaired) electrons. The molecule has 0 aliphatic carbocycles. The third-order valence-corrected chi connectivity index (χ3v) is 1.68. The minimum Gasteiger partial charge on any atom is -0.310 e. The van der Waals surface area contributed by atoms with Crippen molar-refractivity contribution in [3.05, 3.63) is 30.1 Å². The van der Waals surface area contributed by atoms with Gasteiger partial charge < -0.3 is 4.74 Å². The molecule has 2 atom stereocenters. The molecule has 12 heavy (non-hydrogen) atoms. The zero-order valence-electron chi connectivity index (χ0n) is 6.09. The van der Waals surface area contributed by atoms with Gasteiger partial charge in [0.1, 0.15) is 0 Å². The maximum absolute atomic E-state index is 5.56. The van der Waals surface area contributed by atoms with Crippen LogP contribution in [0.2, 0.25) is 0 Å². The van der Waals surface area contributed by atoms with Gasteiger partial charge in [0.15, 0.2) is 6.23 Å². The molecular formula is C7H6ClN3O. The maximum Gasteiger partial charge on any atom is 0.246 e. The summed E-state index contributed by atoms with van der Waals surface area (Å²) in [6.45, 7) is 0. The molecule has 62 valence electrons. The van der Waals surface area contributed by atoms with E-state index in [0.29, 0.717) is 0 Å². The van der Waals surface area contributed by atoms with Gasteiger partial charge in [-0.15, -0.1) is 5.11 Å². The van der Waals surface area contributed by atoms with Crippen LogP contribution in [0.1, 0.15) is 11.8 Å². The van der Waals surface area contributed by atoms with Crippen molar-refractivity contribution < 1.29 is 4.74 Å². The number of halogens is 1. The second kappa shape index (κ2) is 3.16. The summed E-state index contributed by atoms with van der Waals surface area (Å²) < 4.78 is 5.15. The van der Waals surface area contributed by atoms with Crippen LogP contribution >= 0.6 is 11.6 Å². The number of aromatic nitrogens is 1. The second-order valence-corrected chi connectivity index (χ2v) is 2.67. The third-order valence-electron chi connectivity index (χ3n) is 1.49. The summed E-state index contributed by atoms with van der Waals surface area (Å²) in [5, 5.41) is 7.47. The molecule has 5 heteroatoms. The molecule has 0 saturated carbocycles. The Balaban J connectivity index is 2.18. The molecule has 2 heterocycles. The lowest BCUT2D eigenvalue weighted by Crippen LogP contribution is -1.99. The van der Waals surface area contributed by atoms with Crippen molar-refractivity contribution in [1.29, 1.82) is 0 Å². The highest BCUT2D eigenvalue weighted by molar-refractivity contribution is 6.19. The van der Waals surface area contributed by atoms with Crippen molar-refractivity contribution in [2.75, 3.05) is 0 Å². The first-order valence-corrected chi connectivity index (χ1v) is 3.89. The highest BCUT2D eigenvalue weighted by atomic mass is 35.5. The van der Waals surface area contributed by atoms with Gasteiger partial charge in [-0.1, -0.05) is 11.6 Å². The fraction of sp³-hybridized carbons (Fsp3) is 0.286. The van der Waals surface area contributed by atoms with Gasteiger partial charge in [0.2, 0.25) is 5.69 Å². The van der Waals surface area contributed by atoms with E-state index in [9.17, 15) is 0 Å². The van der Waals surface area contributed by atoms with Gasteiger partial charge in [-0.3, -0.25) is 4.98 Å². The first-order chi connectivity index (χ1) is 5.86. The molecule has 0 bridgehead atoms. The first-order valence-electron chi connectivity index (χ1n) is 3.46. The van der Waals surface area contributed by atoms with E-state index < -0.39 is 5.69 Å². The van der Waals surface area contributed by atoms with Gasteiger partial charge in [-0.25, -0.2) is 0 Å². The molecule has 0 spiro atoms. The number of hydrogen-bond donors (Lipinski definition) is 0. The van der Waals surface area contributed by atoms with Crippen LogP contribution in [0.5, 0.6) is 0 Å². The zero-order chi connectivity index (χ0) is 8.39. The van der Waals surface area contributed by atoms with Crippen molar-refractivity contribution in [3.63, 3.8) is 0 Å². The molecule has 0 saturated heterocycles. The lowest BCUT2D eigenvalue weighted by atomic mass is 10.2. The van der Waals surface area contributed by atoms with E-state index in [4.69, 9.17) is 16.3 Å². The highest BCUT2D eigenvalue weighted by Crippen LogP contribution is 2.27. The summed E-state index contributed by atoms with van der Waals surface area (Å²) in [5.41, 5.74) is 0.264. The van der Waals surface area contributed by atoms with Crippen LogP contribution in [0.15, 0.2) is 34.8 Å². The Morgan fingerprint density at radius 3 is 2.58 bits per heavy atom. The molecular weight excluding hydrogens is 178 g/mol. The van der Waals surface area contributed by atoms with E-state index in [0.717, 1.165) is 5.56 Å². The minimum atomic E-state index is -0.650. The van der Waals surface area contributed by atoms with Crippen LogP contribution in [-0.4, -0.2) is 10.7 Å². The van der Waals surface area contributed by atoms with Crippen LogP contribution in [-0.2, 0) is 4.74 Å². The van der Waals surface area contributed by atoms with Crippen molar-refractivity contribution in [3.8, 4) is 0 Å². The highest BCUT2D eigenvalue weighted by Gasteiger charge is 2.21. The van der Waals surface area contributed by atoms with Gasteiger partial charge in [-0.2, -0.15) is 5.11 Å². The standard InChI is InChI=1S/C7H6ClN3O/c8-7-11-10-6(12-7)5-1-3-9-4-2-5/h1-4,6-7H. The summed E-state index contributed by atoms with van der Waals surface area (Å²) in [4.78, 5) is 3.87. The van der Waals surface area contributed by atoms with Crippen LogP contribution in [0.4, 0.5) is 0 Å². The molecule has 1 aliphatic rings. The van der Waals surface area contributed by atoms with E-state index >= 15 is 0 Å². The summed E-state index contributed by atoms with van der Waals surface area (Å²) >= 11 is 5.56. The fourth-order valence-electron chi connectivity index (χ4n) is 0.947. The Morgan fingerprint density at radius 2 is 2.00 bits per heavy atom. The van der Waals surface area contributed by atoms with E-state index in [1.807, 2.05) is 12.1 Å². The topological polar surface area (TPSA) is 46.8 Å². The van der Waals surface area contributed by atoms with Gasteiger partial charge in [-0.05, 0) is 12.1 Å². The number of alkyl halides is 1. The van der Waals surface area contributed by atoms with Gasteiger partial charge in [0.25, 0.3) is 0 Å². The number of hydrogen-bond acceptors (Lipinski definition) is 4. The summed E-state index contributed by atoms with van der Waals surface area (Å²) in [6.07, 6.45) is 2.99. The number of ether oxygens (including phenoxy) is 1. The van der Waals surface area contributed by atoms with Crippen molar-refractivity contribution in [2.45, 2.75) is 11.9 Å². The predicted octanol–water partition coefficient (Wildman–Crippen LogP) is 2.08. The maximum atomic E-state index is 5.56. The SMILES string of the molecule is ClC1N=NC(c2ccncc2)O1. The Morgan fingerprint density at radius 1 is 1.25 bits per heavy atom. The van der Waals surface area contributed by atoms with E-state index in [2.05, 4.69) is 15.2 Å². The van der Waals surface area contributed by atoms with Crippen molar-refractivity contribution in [1.82, 2.24) is 4.98 Å². The monoisotopic (exact) mass is 183 g/mol. The Labute approximate surface area is 74.2 Å². The van der Waals surface area contributed by atoms with Crippen LogP contribution in [0.3, 0.4) is 0 Å². The lowest BCUT2D eigenvalue weighted by molar-refractivity contribution is 0.0780. The fourth-order valence-corrected chi connectivity index (χ4v) is 1.09. The predicted molar refractivity (Wildman–Crippen MR) is 42.6 cm³/mol. The summed E-state index contributed by atoms with van der Waals surface area (Å²) in [5.74, 6) is 0. The van der Waals surface area contributed by atoms with E-state index in [-0.39, 0.29) is 6.23 Å². The Kier molecular flexibility index (Phi) is 2.01. The number of pyridine rings is 1. The molecule has 0 aromatic carbocycles. The second-order valence-electron chi connectivity index (χ2n) is 2.29. The molecule has 1 aliphatic heterocycles. The molecule has 1 aromatic rings. The molecule has 2 rings (SSSR count). The van der Waals surface area contributed by atoms with Crippen LogP contribution < -0.4 is 0 Å². The Bertz CT molecular complexity index is 290. The molecule has 4 nitrogen and oxygen atoms in total. The molecule has 0 amide bonds. The van der Waals surface area contributed by atoms with Crippen LogP contribution in [0.25, 0.3) is 0 Å². The molecule has 1 aromatic heterocycles. The molecule has 0 N–H and O–H groups in total. The third kappa shape index (κ3) is 1.44. The van der Waals surface area contributed by atoms with Gasteiger partial charge in [0.05, 0.1) is 0 Å². The normalized spacial score (nSPS) is 27.8. The van der Waals surface area contributed by atoms with E-state index in [1.54, 1.807) is 12.4 Å². The lowest BCUT2D eigenvalue weighted by Gasteiger charge is -2.05. The molecule has 0 fully saturated rings. The average Bonchev–Trinajstić information content (AvgIpc) is 2.54.